The summed E-state index contributed by atoms with van der Waals surface area (Å²) in [4.78, 5) is 4.20. The van der Waals surface area contributed by atoms with E-state index in [1.807, 2.05) is 59.3 Å². The van der Waals surface area contributed by atoms with E-state index in [1.54, 1.807) is 19.8 Å². The van der Waals surface area contributed by atoms with Gasteiger partial charge >= 0.3 is 0 Å². The number of hydrogen-bond acceptors (Lipinski definition) is 5. The summed E-state index contributed by atoms with van der Waals surface area (Å²) in [5.41, 5.74) is 3.98. The molecule has 7 heteroatoms. The van der Waals surface area contributed by atoms with Gasteiger partial charge in [-0.3, -0.25) is 5.01 Å². The van der Waals surface area contributed by atoms with E-state index in [9.17, 15) is 0 Å². The zero-order valence-corrected chi connectivity index (χ0v) is 17.6. The van der Waals surface area contributed by atoms with Gasteiger partial charge in [0.25, 0.3) is 0 Å². The van der Waals surface area contributed by atoms with Crippen molar-refractivity contribution in [1.29, 1.82) is 0 Å². The second-order valence-corrected chi connectivity index (χ2v) is 7.65. The Morgan fingerprint density at radius 3 is 2.26 bits per heavy atom. The summed E-state index contributed by atoms with van der Waals surface area (Å²) in [6, 6.07) is 25.7. The Bertz CT molecular complexity index is 1180. The van der Waals surface area contributed by atoms with Gasteiger partial charge in [-0.25, -0.2) is 9.67 Å². The molecule has 0 aliphatic carbocycles. The molecule has 0 N–H and O–H groups in total. The van der Waals surface area contributed by atoms with Crippen LogP contribution in [0.4, 0.5) is 5.69 Å². The van der Waals surface area contributed by atoms with E-state index in [4.69, 9.17) is 21.4 Å². The summed E-state index contributed by atoms with van der Waals surface area (Å²) < 4.78 is 7.23. The first-order valence-electron chi connectivity index (χ1n) is 9.91. The monoisotopic (exact) mass is 429 g/mol. The number of aromatic nitrogens is 3. The zero-order chi connectivity index (χ0) is 21.2. The van der Waals surface area contributed by atoms with Crippen molar-refractivity contribution in [1.82, 2.24) is 14.8 Å². The maximum atomic E-state index is 6.14. The van der Waals surface area contributed by atoms with Gasteiger partial charge in [0.1, 0.15) is 30.5 Å². The fraction of sp³-hybridized carbons (Fsp3) is 0.125. The second kappa shape index (κ2) is 8.24. The molecule has 0 fully saturated rings. The summed E-state index contributed by atoms with van der Waals surface area (Å²) in [7, 11) is 1.67. The molecule has 5 rings (SSSR count). The molecule has 0 spiro atoms. The fourth-order valence-electron chi connectivity index (χ4n) is 3.92. The molecule has 4 aromatic rings. The Hall–Kier alpha value is -3.64. The largest absolute Gasteiger partial charge is 0.497 e. The van der Waals surface area contributed by atoms with Crippen LogP contribution in [0.2, 0.25) is 5.02 Å². The highest BCUT2D eigenvalue weighted by molar-refractivity contribution is 6.30. The van der Waals surface area contributed by atoms with Crippen LogP contribution in [0.1, 0.15) is 23.2 Å². The topological polar surface area (TPSA) is 55.5 Å². The molecule has 6 nitrogen and oxygen atoms in total. The highest BCUT2D eigenvalue weighted by Crippen LogP contribution is 2.43. The summed E-state index contributed by atoms with van der Waals surface area (Å²) in [6.07, 6.45) is 3.29. The van der Waals surface area contributed by atoms with Gasteiger partial charge in [0.15, 0.2) is 0 Å². The molecule has 1 aliphatic heterocycles. The number of methoxy groups -OCH3 is 1. The molecular formula is C24H20ClN5O. The molecule has 154 valence electrons. The number of hydrazone groups is 1. The molecule has 3 aromatic carbocycles. The maximum absolute atomic E-state index is 6.14. The molecule has 0 amide bonds. The third-order valence-electron chi connectivity index (χ3n) is 5.40. The number of ether oxygens (including phenoxy) is 1. The Balaban J connectivity index is 1.68. The quantitative estimate of drug-likeness (QED) is 0.440. The third kappa shape index (κ3) is 3.66. The average Bonchev–Trinajstić information content (AvgIpc) is 3.48. The van der Waals surface area contributed by atoms with Crippen molar-refractivity contribution in [3.8, 4) is 5.75 Å². The predicted molar refractivity (Wildman–Crippen MR) is 122 cm³/mol. The number of rotatable bonds is 5. The van der Waals surface area contributed by atoms with Crippen molar-refractivity contribution >= 4 is 23.0 Å². The molecule has 2 heterocycles. The first-order valence-corrected chi connectivity index (χ1v) is 10.3. The highest BCUT2D eigenvalue weighted by Gasteiger charge is 2.41. The molecule has 31 heavy (non-hydrogen) atoms. The lowest BCUT2D eigenvalue weighted by atomic mass is 9.93. The normalized spacial score (nSPS) is 18.1. The number of nitrogens with zero attached hydrogens (tertiary/aromatic N) is 5. The Kier molecular flexibility index (Phi) is 5.14. The molecule has 0 saturated carbocycles. The zero-order valence-electron chi connectivity index (χ0n) is 16.8. The molecular weight excluding hydrogens is 410 g/mol. The molecule has 2 atom stereocenters. The van der Waals surface area contributed by atoms with E-state index in [1.165, 1.54) is 0 Å². The molecule has 1 aromatic heterocycles. The Morgan fingerprint density at radius 2 is 1.61 bits per heavy atom. The highest BCUT2D eigenvalue weighted by atomic mass is 35.5. The average molecular weight is 430 g/mol. The van der Waals surface area contributed by atoms with Crippen LogP contribution in [0, 0.1) is 0 Å². The van der Waals surface area contributed by atoms with E-state index in [0.717, 1.165) is 28.3 Å². The number of para-hydroxylation sites is 1. The summed E-state index contributed by atoms with van der Waals surface area (Å²) in [5.74, 6) is 0.809. The predicted octanol–water partition coefficient (Wildman–Crippen LogP) is 5.15. The molecule has 2 unspecified atom stereocenters. The van der Waals surface area contributed by atoms with Crippen molar-refractivity contribution in [2.45, 2.75) is 12.1 Å². The number of benzene rings is 3. The van der Waals surface area contributed by atoms with Crippen molar-refractivity contribution in [3.05, 3.63) is 108 Å². The first kappa shape index (κ1) is 19.3. The van der Waals surface area contributed by atoms with Crippen LogP contribution < -0.4 is 9.75 Å². The second-order valence-electron chi connectivity index (χ2n) is 7.21. The number of halogens is 1. The fourth-order valence-corrected chi connectivity index (χ4v) is 4.05. The van der Waals surface area contributed by atoms with Gasteiger partial charge in [0, 0.05) is 10.6 Å². The van der Waals surface area contributed by atoms with Crippen molar-refractivity contribution in [2.24, 2.45) is 5.10 Å². The minimum atomic E-state index is -0.183. The molecule has 1 aliphatic rings. The van der Waals surface area contributed by atoms with Crippen LogP contribution >= 0.6 is 11.6 Å². The van der Waals surface area contributed by atoms with E-state index in [2.05, 4.69) is 39.4 Å². The van der Waals surface area contributed by atoms with E-state index in [-0.39, 0.29) is 12.1 Å². The van der Waals surface area contributed by atoms with Crippen molar-refractivity contribution in [3.63, 3.8) is 0 Å². The standard InChI is InChI=1S/C24H20ClN5O/c1-31-21-13-9-18(10-14-21)23-24(29-16-26-15-27-29)22(17-7-11-19(25)12-8-17)28-30(23)20-5-3-2-4-6-20/h2-16,23-24H,1H3. The summed E-state index contributed by atoms with van der Waals surface area (Å²) >= 11 is 6.14. The van der Waals surface area contributed by atoms with E-state index >= 15 is 0 Å². The minimum Gasteiger partial charge on any atom is -0.497 e. The SMILES string of the molecule is COc1ccc(C2C(n3cncn3)C(c3ccc(Cl)cc3)=NN2c2ccccc2)cc1. The van der Waals surface area contributed by atoms with Gasteiger partial charge in [0.2, 0.25) is 0 Å². The van der Waals surface area contributed by atoms with Gasteiger partial charge in [-0.05, 0) is 42.0 Å². The Morgan fingerprint density at radius 1 is 0.871 bits per heavy atom. The lowest BCUT2D eigenvalue weighted by molar-refractivity contribution is 0.414. The molecule has 0 radical (unpaired) electrons. The van der Waals surface area contributed by atoms with Crippen molar-refractivity contribution < 1.29 is 4.74 Å². The van der Waals surface area contributed by atoms with E-state index in [0.29, 0.717) is 5.02 Å². The smallest absolute Gasteiger partial charge is 0.137 e. The maximum Gasteiger partial charge on any atom is 0.137 e. The van der Waals surface area contributed by atoms with Crippen molar-refractivity contribution in [2.75, 3.05) is 12.1 Å². The van der Waals surface area contributed by atoms with Crippen LogP contribution in [0.3, 0.4) is 0 Å². The van der Waals surface area contributed by atoms with Gasteiger partial charge < -0.3 is 4.74 Å². The lowest BCUT2D eigenvalue weighted by Gasteiger charge is -2.28. The van der Waals surface area contributed by atoms with Gasteiger partial charge in [-0.1, -0.05) is 54.1 Å². The van der Waals surface area contributed by atoms with E-state index < -0.39 is 0 Å². The van der Waals surface area contributed by atoms with Crippen LogP contribution in [-0.2, 0) is 0 Å². The third-order valence-corrected chi connectivity index (χ3v) is 5.65. The molecule has 0 saturated heterocycles. The summed E-state index contributed by atoms with van der Waals surface area (Å²) in [6.45, 7) is 0. The number of hydrogen-bond donors (Lipinski definition) is 0. The molecule has 0 bridgehead atoms. The van der Waals surface area contributed by atoms with Crippen LogP contribution in [0.15, 0.2) is 96.6 Å². The van der Waals surface area contributed by atoms with Crippen LogP contribution in [-0.4, -0.2) is 27.6 Å². The lowest BCUT2D eigenvalue weighted by Crippen LogP contribution is -2.28. The first-order chi connectivity index (χ1) is 15.2. The van der Waals surface area contributed by atoms with Crippen LogP contribution in [0.25, 0.3) is 0 Å². The number of anilines is 1. The van der Waals surface area contributed by atoms with Gasteiger partial charge in [0.05, 0.1) is 18.5 Å². The van der Waals surface area contributed by atoms with Gasteiger partial charge in [-0.2, -0.15) is 10.2 Å². The van der Waals surface area contributed by atoms with Crippen LogP contribution in [0.5, 0.6) is 5.75 Å². The Labute approximate surface area is 185 Å². The van der Waals surface area contributed by atoms with Gasteiger partial charge in [-0.15, -0.1) is 0 Å². The summed E-state index contributed by atoms with van der Waals surface area (Å²) in [5, 5.41) is 12.3. The minimum absolute atomic E-state index is 0.124.